The Bertz CT molecular complexity index is 1210. The van der Waals surface area contributed by atoms with Gasteiger partial charge in [-0.2, -0.15) is 0 Å². The lowest BCUT2D eigenvalue weighted by molar-refractivity contribution is 0.0303. The summed E-state index contributed by atoms with van der Waals surface area (Å²) >= 11 is 6.06. The molecule has 184 valence electrons. The molecule has 0 spiro atoms. The van der Waals surface area contributed by atoms with E-state index in [1.54, 1.807) is 23.2 Å². The number of halogens is 2. The average molecular weight is 500 g/mol. The number of nitrogens with zero attached hydrogens (tertiary/aromatic N) is 4. The van der Waals surface area contributed by atoms with Crippen molar-refractivity contribution in [2.75, 3.05) is 62.8 Å². The molecule has 1 atom stereocenters. The van der Waals surface area contributed by atoms with E-state index in [4.69, 9.17) is 26.1 Å². The van der Waals surface area contributed by atoms with Crippen LogP contribution in [-0.4, -0.2) is 73.4 Å². The number of carbonyl (C=O) groups is 1. The highest BCUT2D eigenvalue weighted by atomic mass is 35.5. The summed E-state index contributed by atoms with van der Waals surface area (Å²) < 4.78 is 24.8. The van der Waals surface area contributed by atoms with Crippen LogP contribution in [0.5, 0.6) is 0 Å². The summed E-state index contributed by atoms with van der Waals surface area (Å²) in [6, 6.07) is 7.65. The van der Waals surface area contributed by atoms with Crippen LogP contribution in [0.1, 0.15) is 28.9 Å². The Morgan fingerprint density at radius 1 is 1.06 bits per heavy atom. The number of hydrogen-bond acceptors (Lipinski definition) is 7. The van der Waals surface area contributed by atoms with Gasteiger partial charge in [-0.1, -0.05) is 11.6 Å². The Balaban J connectivity index is 1.55. The van der Waals surface area contributed by atoms with E-state index < -0.39 is 5.82 Å². The Morgan fingerprint density at radius 2 is 1.77 bits per heavy atom. The van der Waals surface area contributed by atoms with Gasteiger partial charge in [-0.15, -0.1) is 0 Å². The first-order valence-electron chi connectivity index (χ1n) is 11.7. The number of benzene rings is 2. The molecule has 0 radical (unpaired) electrons. The van der Waals surface area contributed by atoms with Crippen LogP contribution in [0.4, 0.5) is 15.9 Å². The van der Waals surface area contributed by atoms with E-state index in [1.807, 2.05) is 13.0 Å². The summed E-state index contributed by atoms with van der Waals surface area (Å²) in [5, 5.41) is 3.61. The molecule has 1 amide bonds. The first kappa shape index (κ1) is 23.7. The lowest BCUT2D eigenvalue weighted by Crippen LogP contribution is -2.40. The quantitative estimate of drug-likeness (QED) is 0.570. The first-order chi connectivity index (χ1) is 17.0. The molecule has 2 fully saturated rings. The van der Waals surface area contributed by atoms with Crippen molar-refractivity contribution in [2.45, 2.75) is 13.0 Å². The number of rotatable bonds is 5. The summed E-state index contributed by atoms with van der Waals surface area (Å²) in [5.74, 6) is 0.259. The molecule has 2 aliphatic rings. The summed E-state index contributed by atoms with van der Waals surface area (Å²) in [4.78, 5) is 26.8. The normalized spacial score (nSPS) is 17.5. The van der Waals surface area contributed by atoms with Crippen molar-refractivity contribution in [1.82, 2.24) is 14.9 Å². The van der Waals surface area contributed by atoms with Crippen molar-refractivity contribution >= 4 is 40.0 Å². The maximum absolute atomic E-state index is 13.9. The second kappa shape index (κ2) is 10.3. The fourth-order valence-corrected chi connectivity index (χ4v) is 4.67. The first-order valence-corrected chi connectivity index (χ1v) is 12.1. The van der Waals surface area contributed by atoms with Crippen molar-refractivity contribution in [3.8, 4) is 0 Å². The SMILES string of the molecule is CC(Nc1cc(F)cc(Cl)c1)c1cc(C(=O)N2CCOCC2)cc2ncc(N3CCOCC3)nc12. The Hall–Kier alpha value is -3.01. The van der Waals surface area contributed by atoms with Crippen LogP contribution in [0.3, 0.4) is 0 Å². The number of fused-ring (bicyclic) bond motifs is 1. The predicted octanol–water partition coefficient (Wildman–Crippen LogP) is 3.90. The second-order valence-corrected chi connectivity index (χ2v) is 9.13. The van der Waals surface area contributed by atoms with Gasteiger partial charge in [0.15, 0.2) is 0 Å². The number of morpholine rings is 2. The van der Waals surface area contributed by atoms with Crippen LogP contribution in [0, 0.1) is 5.82 Å². The molecule has 0 saturated carbocycles. The zero-order chi connectivity index (χ0) is 24.4. The Kier molecular flexibility index (Phi) is 6.99. The third-order valence-corrected chi connectivity index (χ3v) is 6.48. The summed E-state index contributed by atoms with van der Waals surface area (Å²) in [7, 11) is 0. The van der Waals surface area contributed by atoms with Crippen LogP contribution in [-0.2, 0) is 9.47 Å². The fourth-order valence-electron chi connectivity index (χ4n) is 4.44. The number of nitrogens with one attached hydrogen (secondary N) is 1. The van der Waals surface area contributed by atoms with E-state index in [1.165, 1.54) is 12.1 Å². The molecule has 10 heteroatoms. The summed E-state index contributed by atoms with van der Waals surface area (Å²) in [6.45, 7) is 6.82. The molecule has 0 aliphatic carbocycles. The molecule has 1 aromatic heterocycles. The monoisotopic (exact) mass is 499 g/mol. The number of anilines is 2. The van der Waals surface area contributed by atoms with E-state index in [0.29, 0.717) is 66.8 Å². The third-order valence-electron chi connectivity index (χ3n) is 6.26. The van der Waals surface area contributed by atoms with Gasteiger partial charge in [-0.25, -0.2) is 9.37 Å². The molecular weight excluding hydrogens is 473 g/mol. The number of aromatic nitrogens is 2. The van der Waals surface area contributed by atoms with E-state index >= 15 is 0 Å². The summed E-state index contributed by atoms with van der Waals surface area (Å²) in [6.07, 6.45) is 1.74. The number of amides is 1. The molecule has 3 aromatic rings. The van der Waals surface area contributed by atoms with E-state index in [2.05, 4.69) is 15.2 Å². The van der Waals surface area contributed by atoms with Gasteiger partial charge in [0.2, 0.25) is 0 Å². The molecule has 0 bridgehead atoms. The molecule has 2 saturated heterocycles. The number of hydrogen-bond donors (Lipinski definition) is 1. The van der Waals surface area contributed by atoms with Gasteiger partial charge >= 0.3 is 0 Å². The standard InChI is InChI=1S/C25H27ClFN5O3/c1-16(29-20-13-18(26)12-19(27)14-20)21-10-17(25(33)32-4-8-35-9-5-32)11-22-24(21)30-23(15-28-22)31-2-6-34-7-3-31/h10-16,29H,2-9H2,1H3. The molecule has 35 heavy (non-hydrogen) atoms. The van der Waals surface area contributed by atoms with Gasteiger partial charge in [0, 0.05) is 48.0 Å². The maximum Gasteiger partial charge on any atom is 0.254 e. The lowest BCUT2D eigenvalue weighted by Gasteiger charge is -2.29. The highest BCUT2D eigenvalue weighted by molar-refractivity contribution is 6.30. The van der Waals surface area contributed by atoms with E-state index in [0.717, 1.165) is 24.5 Å². The second-order valence-electron chi connectivity index (χ2n) is 8.69. The molecular formula is C25H27ClFN5O3. The smallest absolute Gasteiger partial charge is 0.254 e. The van der Waals surface area contributed by atoms with Crippen molar-refractivity contribution in [2.24, 2.45) is 0 Å². The van der Waals surface area contributed by atoms with Crippen LogP contribution >= 0.6 is 11.6 Å². The minimum atomic E-state index is -0.428. The van der Waals surface area contributed by atoms with Gasteiger partial charge in [0.25, 0.3) is 5.91 Å². The topological polar surface area (TPSA) is 79.8 Å². The predicted molar refractivity (Wildman–Crippen MR) is 133 cm³/mol. The third kappa shape index (κ3) is 5.32. The number of carbonyl (C=O) groups excluding carboxylic acids is 1. The Labute approximate surface area is 208 Å². The van der Waals surface area contributed by atoms with E-state index in [9.17, 15) is 9.18 Å². The largest absolute Gasteiger partial charge is 0.378 e. The average Bonchev–Trinajstić information content (AvgIpc) is 2.87. The minimum absolute atomic E-state index is 0.0727. The van der Waals surface area contributed by atoms with Crippen LogP contribution in [0.25, 0.3) is 11.0 Å². The minimum Gasteiger partial charge on any atom is -0.378 e. The van der Waals surface area contributed by atoms with Gasteiger partial charge in [-0.3, -0.25) is 9.78 Å². The molecule has 1 unspecified atom stereocenters. The van der Waals surface area contributed by atoms with Gasteiger partial charge in [0.05, 0.1) is 49.7 Å². The van der Waals surface area contributed by atoms with Gasteiger partial charge in [-0.05, 0) is 37.3 Å². The molecule has 8 nitrogen and oxygen atoms in total. The Morgan fingerprint density at radius 3 is 2.49 bits per heavy atom. The van der Waals surface area contributed by atoms with Gasteiger partial charge < -0.3 is 24.6 Å². The fraction of sp³-hybridized carbons (Fsp3) is 0.400. The molecule has 2 aliphatic heterocycles. The highest BCUT2D eigenvalue weighted by Crippen LogP contribution is 2.30. The lowest BCUT2D eigenvalue weighted by atomic mass is 10.0. The van der Waals surface area contributed by atoms with Crippen molar-refractivity contribution in [1.29, 1.82) is 0 Å². The molecule has 2 aromatic carbocycles. The zero-order valence-corrected chi connectivity index (χ0v) is 20.2. The molecule has 1 N–H and O–H groups in total. The highest BCUT2D eigenvalue weighted by Gasteiger charge is 2.23. The van der Waals surface area contributed by atoms with E-state index in [-0.39, 0.29) is 11.9 Å². The van der Waals surface area contributed by atoms with Crippen molar-refractivity contribution in [3.05, 3.63) is 58.5 Å². The van der Waals surface area contributed by atoms with Crippen molar-refractivity contribution in [3.63, 3.8) is 0 Å². The maximum atomic E-state index is 13.9. The van der Waals surface area contributed by atoms with Crippen LogP contribution < -0.4 is 10.2 Å². The summed E-state index contributed by atoms with van der Waals surface area (Å²) in [5.41, 5.74) is 3.19. The zero-order valence-electron chi connectivity index (χ0n) is 19.5. The van der Waals surface area contributed by atoms with Crippen LogP contribution in [0.2, 0.25) is 5.02 Å². The molecule has 3 heterocycles. The van der Waals surface area contributed by atoms with Gasteiger partial charge in [0.1, 0.15) is 11.6 Å². The van der Waals surface area contributed by atoms with Crippen molar-refractivity contribution < 1.29 is 18.7 Å². The number of ether oxygens (including phenoxy) is 2. The van der Waals surface area contributed by atoms with Crippen LogP contribution in [0.15, 0.2) is 36.5 Å². The molecule has 5 rings (SSSR count).